The molecule has 112 valence electrons. The third-order valence-electron chi connectivity index (χ3n) is 3.63. The third-order valence-corrected chi connectivity index (χ3v) is 3.63. The monoisotopic (exact) mass is 280 g/mol. The molecule has 2 rings (SSSR count). The van der Waals surface area contributed by atoms with Gasteiger partial charge in [-0.05, 0) is 12.3 Å². The summed E-state index contributed by atoms with van der Waals surface area (Å²) in [6, 6.07) is 1.56. The van der Waals surface area contributed by atoms with Gasteiger partial charge < -0.3 is 14.4 Å². The highest BCUT2D eigenvalue weighted by atomic mass is 16.5. The van der Waals surface area contributed by atoms with Crippen LogP contribution < -0.4 is 5.43 Å². The molecule has 0 radical (unpaired) electrons. The largest absolute Gasteiger partial charge is 0.503 e. The lowest BCUT2D eigenvalue weighted by atomic mass is 10.1. The number of aromatic hydroxyl groups is 1. The average molecular weight is 280 g/mol. The van der Waals surface area contributed by atoms with Crippen molar-refractivity contribution in [3.8, 4) is 5.75 Å². The fraction of sp³-hybridized carbons (Fsp3) is 0.667. The van der Waals surface area contributed by atoms with Gasteiger partial charge in [0, 0.05) is 37.9 Å². The Bertz CT molecular complexity index is 490. The highest BCUT2D eigenvalue weighted by Crippen LogP contribution is 2.12. The van der Waals surface area contributed by atoms with Crippen molar-refractivity contribution >= 4 is 0 Å². The van der Waals surface area contributed by atoms with Gasteiger partial charge in [-0.3, -0.25) is 9.69 Å². The van der Waals surface area contributed by atoms with Gasteiger partial charge in [0.25, 0.3) is 0 Å². The molecule has 0 saturated carbocycles. The molecular formula is C15H24N2O3. The van der Waals surface area contributed by atoms with Crippen molar-refractivity contribution in [1.82, 2.24) is 9.47 Å². The molecule has 0 unspecified atom stereocenters. The molecule has 0 amide bonds. The number of pyridine rings is 1. The van der Waals surface area contributed by atoms with Crippen LogP contribution in [0.25, 0.3) is 0 Å². The standard InChI is InChI=1S/C15H24N2O3/c1-12(2)3-4-17-11-15(19)14(18)9-13(17)10-16-5-7-20-8-6-16/h9,11-12,19H,3-8,10H2,1-2H3. The van der Waals surface area contributed by atoms with Crippen molar-refractivity contribution in [2.45, 2.75) is 33.4 Å². The zero-order valence-electron chi connectivity index (χ0n) is 12.3. The topological polar surface area (TPSA) is 54.7 Å². The van der Waals surface area contributed by atoms with Crippen LogP contribution in [-0.2, 0) is 17.8 Å². The van der Waals surface area contributed by atoms with E-state index in [2.05, 4.69) is 18.7 Å². The summed E-state index contributed by atoms with van der Waals surface area (Å²) in [5.74, 6) is 0.423. The predicted molar refractivity (Wildman–Crippen MR) is 77.9 cm³/mol. The molecule has 1 aromatic rings. The minimum atomic E-state index is -0.297. The molecule has 0 aliphatic carbocycles. The molecule has 20 heavy (non-hydrogen) atoms. The van der Waals surface area contributed by atoms with Gasteiger partial charge in [0.15, 0.2) is 5.75 Å². The highest BCUT2D eigenvalue weighted by molar-refractivity contribution is 5.20. The van der Waals surface area contributed by atoms with Crippen LogP contribution in [0.3, 0.4) is 0 Å². The summed E-state index contributed by atoms with van der Waals surface area (Å²) < 4.78 is 7.35. The van der Waals surface area contributed by atoms with Gasteiger partial charge in [0.05, 0.1) is 19.4 Å². The van der Waals surface area contributed by atoms with Crippen molar-refractivity contribution in [3.05, 3.63) is 28.2 Å². The van der Waals surface area contributed by atoms with Gasteiger partial charge in [0.1, 0.15) is 0 Å². The number of hydrogen-bond acceptors (Lipinski definition) is 4. The first kappa shape index (κ1) is 15.1. The maximum Gasteiger partial charge on any atom is 0.223 e. The molecule has 1 aromatic heterocycles. The van der Waals surface area contributed by atoms with Gasteiger partial charge in [-0.2, -0.15) is 0 Å². The maximum absolute atomic E-state index is 11.7. The Kier molecular flexibility index (Phi) is 5.20. The number of morpholine rings is 1. The summed E-state index contributed by atoms with van der Waals surface area (Å²) >= 11 is 0. The van der Waals surface area contributed by atoms with Crippen LogP contribution in [0.15, 0.2) is 17.1 Å². The molecule has 5 nitrogen and oxygen atoms in total. The molecule has 1 fully saturated rings. The van der Waals surface area contributed by atoms with Gasteiger partial charge in [0.2, 0.25) is 5.43 Å². The molecule has 1 N–H and O–H groups in total. The summed E-state index contributed by atoms with van der Waals surface area (Å²) in [5, 5.41) is 9.63. The molecule has 0 aromatic carbocycles. The smallest absolute Gasteiger partial charge is 0.223 e. The minimum absolute atomic E-state index is 0.167. The lowest BCUT2D eigenvalue weighted by Crippen LogP contribution is -2.36. The van der Waals surface area contributed by atoms with E-state index in [1.807, 2.05) is 4.57 Å². The normalized spacial score (nSPS) is 16.8. The second-order valence-corrected chi connectivity index (χ2v) is 5.78. The SMILES string of the molecule is CC(C)CCn1cc(O)c(=O)cc1CN1CCOCC1. The van der Waals surface area contributed by atoms with Crippen molar-refractivity contribution in [3.63, 3.8) is 0 Å². The van der Waals surface area contributed by atoms with Crippen LogP contribution in [0.2, 0.25) is 0 Å². The zero-order valence-corrected chi connectivity index (χ0v) is 12.3. The van der Waals surface area contributed by atoms with E-state index in [0.717, 1.165) is 51.5 Å². The third kappa shape index (κ3) is 4.08. The van der Waals surface area contributed by atoms with E-state index in [1.165, 1.54) is 0 Å². The number of rotatable bonds is 5. The molecule has 2 heterocycles. The van der Waals surface area contributed by atoms with E-state index >= 15 is 0 Å². The van der Waals surface area contributed by atoms with Gasteiger partial charge in [-0.1, -0.05) is 13.8 Å². The minimum Gasteiger partial charge on any atom is -0.503 e. The van der Waals surface area contributed by atoms with Gasteiger partial charge >= 0.3 is 0 Å². The number of aryl methyl sites for hydroxylation is 1. The fourth-order valence-corrected chi connectivity index (χ4v) is 2.33. The van der Waals surface area contributed by atoms with Crippen LogP contribution in [-0.4, -0.2) is 40.9 Å². The lowest BCUT2D eigenvalue weighted by molar-refractivity contribution is 0.0330. The van der Waals surface area contributed by atoms with Crippen LogP contribution >= 0.6 is 0 Å². The van der Waals surface area contributed by atoms with Gasteiger partial charge in [-0.15, -0.1) is 0 Å². The molecule has 0 atom stereocenters. The highest BCUT2D eigenvalue weighted by Gasteiger charge is 2.14. The summed E-state index contributed by atoms with van der Waals surface area (Å²) in [6.07, 6.45) is 2.60. The van der Waals surface area contributed by atoms with E-state index in [-0.39, 0.29) is 11.2 Å². The summed E-state index contributed by atoms with van der Waals surface area (Å²) in [4.78, 5) is 13.9. The van der Waals surface area contributed by atoms with Crippen LogP contribution in [0, 0.1) is 5.92 Å². The van der Waals surface area contributed by atoms with Crippen molar-refractivity contribution in [2.24, 2.45) is 5.92 Å². The Labute approximate surface area is 119 Å². The first-order chi connectivity index (χ1) is 9.56. The number of ether oxygens (including phenoxy) is 1. The Morgan fingerprint density at radius 2 is 2.05 bits per heavy atom. The van der Waals surface area contributed by atoms with E-state index in [1.54, 1.807) is 12.3 Å². The van der Waals surface area contributed by atoms with Crippen LogP contribution in [0.1, 0.15) is 26.0 Å². The number of hydrogen-bond donors (Lipinski definition) is 1. The molecule has 1 aliphatic rings. The van der Waals surface area contributed by atoms with Gasteiger partial charge in [-0.25, -0.2) is 0 Å². The molecule has 0 spiro atoms. The Hall–Kier alpha value is -1.33. The summed E-state index contributed by atoms with van der Waals surface area (Å²) in [6.45, 7) is 9.16. The number of nitrogens with zero attached hydrogens (tertiary/aromatic N) is 2. The van der Waals surface area contributed by atoms with E-state index in [4.69, 9.17) is 4.74 Å². The second kappa shape index (κ2) is 6.90. The molecular weight excluding hydrogens is 256 g/mol. The van der Waals surface area contributed by atoms with E-state index < -0.39 is 0 Å². The lowest BCUT2D eigenvalue weighted by Gasteiger charge is -2.28. The van der Waals surface area contributed by atoms with Crippen LogP contribution in [0.4, 0.5) is 0 Å². The van der Waals surface area contributed by atoms with Crippen LogP contribution in [0.5, 0.6) is 5.75 Å². The van der Waals surface area contributed by atoms with E-state index in [0.29, 0.717) is 5.92 Å². The summed E-state index contributed by atoms with van der Waals surface area (Å²) in [5.41, 5.74) is 0.671. The Morgan fingerprint density at radius 3 is 2.70 bits per heavy atom. The average Bonchev–Trinajstić information content (AvgIpc) is 2.42. The first-order valence-electron chi connectivity index (χ1n) is 7.28. The van der Waals surface area contributed by atoms with Crippen molar-refractivity contribution in [1.29, 1.82) is 0 Å². The Balaban J connectivity index is 2.15. The quantitative estimate of drug-likeness (QED) is 0.886. The fourth-order valence-electron chi connectivity index (χ4n) is 2.33. The molecule has 0 bridgehead atoms. The zero-order chi connectivity index (χ0) is 14.5. The second-order valence-electron chi connectivity index (χ2n) is 5.78. The number of aromatic nitrogens is 1. The van der Waals surface area contributed by atoms with Crippen molar-refractivity contribution in [2.75, 3.05) is 26.3 Å². The van der Waals surface area contributed by atoms with Crippen molar-refractivity contribution < 1.29 is 9.84 Å². The summed E-state index contributed by atoms with van der Waals surface area (Å²) in [7, 11) is 0. The van der Waals surface area contributed by atoms with E-state index in [9.17, 15) is 9.90 Å². The molecule has 1 saturated heterocycles. The molecule has 5 heteroatoms. The predicted octanol–water partition coefficient (Wildman–Crippen LogP) is 1.43. The molecule has 1 aliphatic heterocycles. The first-order valence-corrected chi connectivity index (χ1v) is 7.28. The maximum atomic E-state index is 11.7. The Morgan fingerprint density at radius 1 is 1.35 bits per heavy atom.